The lowest BCUT2D eigenvalue weighted by Gasteiger charge is -2.33. The fourth-order valence-corrected chi connectivity index (χ4v) is 6.69. The zero-order valence-corrected chi connectivity index (χ0v) is 25.7. The van der Waals surface area contributed by atoms with Gasteiger partial charge in [0, 0.05) is 43.7 Å². The Morgan fingerprint density at radius 2 is 1.61 bits per heavy atom. The third kappa shape index (κ3) is 7.02. The summed E-state index contributed by atoms with van der Waals surface area (Å²) in [5, 5.41) is 13.6. The van der Waals surface area contributed by atoms with Crippen LogP contribution >= 0.6 is 0 Å². The molecule has 6 rings (SSSR count). The maximum absolute atomic E-state index is 14.0. The lowest BCUT2D eigenvalue weighted by Crippen LogP contribution is -2.34. The molecule has 2 amide bonds. The van der Waals surface area contributed by atoms with Gasteiger partial charge in [0.2, 0.25) is 6.41 Å². The molecular weight excluding hydrogens is 585 g/mol. The summed E-state index contributed by atoms with van der Waals surface area (Å²) in [7, 11) is 0. The molecule has 1 aromatic heterocycles. The number of amides is 2. The molecule has 0 radical (unpaired) electrons. The fourth-order valence-electron chi connectivity index (χ4n) is 6.69. The number of benzene rings is 3. The molecule has 46 heavy (non-hydrogen) atoms. The number of rotatable bonds is 11. The Labute approximate surface area is 267 Å². The first kappa shape index (κ1) is 31.2. The maximum atomic E-state index is 14.0. The number of carboxylic acid groups (broad SMARTS) is 1. The number of carboxylic acids is 1. The number of likely N-dealkylation sites (tertiary alicyclic amines) is 2. The highest BCUT2D eigenvalue weighted by Crippen LogP contribution is 2.35. The topological polar surface area (TPSA) is 99.0 Å². The average molecular weight is 624 g/mol. The minimum absolute atomic E-state index is 0.00275. The predicted octanol–water partition coefficient (Wildman–Crippen LogP) is 5.46. The highest BCUT2D eigenvalue weighted by molar-refractivity contribution is 5.95. The lowest BCUT2D eigenvalue weighted by molar-refractivity contribution is -0.136. The van der Waals surface area contributed by atoms with Crippen molar-refractivity contribution < 1.29 is 23.9 Å². The molecule has 1 atom stereocenters. The number of aliphatic carboxylic acids is 1. The molecule has 3 heterocycles. The van der Waals surface area contributed by atoms with Crippen molar-refractivity contribution in [2.24, 2.45) is 0 Å². The molecule has 2 aliphatic heterocycles. The van der Waals surface area contributed by atoms with E-state index in [0.717, 1.165) is 55.8 Å². The molecule has 0 spiro atoms. The molecule has 3 aromatic carbocycles. The van der Waals surface area contributed by atoms with Gasteiger partial charge in [0.05, 0.1) is 29.6 Å². The Morgan fingerprint density at radius 3 is 2.28 bits per heavy atom. The summed E-state index contributed by atoms with van der Waals surface area (Å²) in [5.41, 5.74) is 5.25. The molecule has 2 aliphatic rings. The van der Waals surface area contributed by atoms with E-state index < -0.39 is 5.97 Å². The van der Waals surface area contributed by atoms with Crippen molar-refractivity contribution in [2.45, 2.75) is 44.1 Å². The second kappa shape index (κ2) is 14.1. The van der Waals surface area contributed by atoms with Gasteiger partial charge in [0.25, 0.3) is 5.91 Å². The molecule has 2 fully saturated rings. The molecule has 4 aromatic rings. The van der Waals surface area contributed by atoms with Crippen molar-refractivity contribution in [3.05, 3.63) is 113 Å². The van der Waals surface area contributed by atoms with Crippen molar-refractivity contribution in [3.8, 4) is 5.69 Å². The summed E-state index contributed by atoms with van der Waals surface area (Å²) in [6.45, 7) is 3.88. The zero-order valence-electron chi connectivity index (χ0n) is 25.7. The number of piperidine rings is 1. The summed E-state index contributed by atoms with van der Waals surface area (Å²) < 4.78 is 15.6. The zero-order chi connectivity index (χ0) is 32.0. The van der Waals surface area contributed by atoms with Gasteiger partial charge in [-0.15, -0.1) is 0 Å². The molecule has 0 saturated carbocycles. The van der Waals surface area contributed by atoms with Gasteiger partial charge in [-0.25, -0.2) is 9.07 Å². The van der Waals surface area contributed by atoms with E-state index in [1.807, 2.05) is 52.0 Å². The summed E-state index contributed by atoms with van der Waals surface area (Å²) in [6, 6.07) is 24.2. The number of hydrogen-bond donors (Lipinski definition) is 1. The Morgan fingerprint density at radius 1 is 0.913 bits per heavy atom. The molecule has 0 aliphatic carbocycles. The second-order valence-corrected chi connectivity index (χ2v) is 12.1. The number of aromatic nitrogens is 2. The predicted molar refractivity (Wildman–Crippen MR) is 173 cm³/mol. The van der Waals surface area contributed by atoms with Crippen LogP contribution in [0, 0.1) is 5.82 Å². The van der Waals surface area contributed by atoms with Gasteiger partial charge < -0.3 is 14.9 Å². The van der Waals surface area contributed by atoms with Crippen LogP contribution in [0.4, 0.5) is 10.1 Å². The van der Waals surface area contributed by atoms with Gasteiger partial charge >= 0.3 is 5.97 Å². The summed E-state index contributed by atoms with van der Waals surface area (Å²) >= 11 is 0. The summed E-state index contributed by atoms with van der Waals surface area (Å²) in [5.74, 6) is -0.857. The van der Waals surface area contributed by atoms with Crippen LogP contribution in [0.3, 0.4) is 0 Å². The third-order valence-electron chi connectivity index (χ3n) is 9.20. The minimum atomic E-state index is -0.947. The van der Waals surface area contributed by atoms with Crippen LogP contribution in [0.2, 0.25) is 0 Å². The van der Waals surface area contributed by atoms with Crippen LogP contribution in [0.1, 0.15) is 64.7 Å². The second-order valence-electron chi connectivity index (χ2n) is 12.1. The van der Waals surface area contributed by atoms with Gasteiger partial charge in [-0.2, -0.15) is 5.10 Å². The van der Waals surface area contributed by atoms with Gasteiger partial charge in [-0.3, -0.25) is 19.3 Å². The highest BCUT2D eigenvalue weighted by Gasteiger charge is 2.34. The Bertz CT molecular complexity index is 1650. The van der Waals surface area contributed by atoms with Crippen LogP contribution in [-0.2, 0) is 16.1 Å². The van der Waals surface area contributed by atoms with Crippen molar-refractivity contribution >= 4 is 24.0 Å². The van der Waals surface area contributed by atoms with Crippen molar-refractivity contribution in [2.75, 3.05) is 37.6 Å². The molecule has 0 unspecified atom stereocenters. The molecule has 1 N–H and O–H groups in total. The number of carbonyl (C=O) groups excluding carboxylic acids is 2. The Hall–Kier alpha value is -4.83. The van der Waals surface area contributed by atoms with E-state index >= 15 is 0 Å². The summed E-state index contributed by atoms with van der Waals surface area (Å²) in [6.07, 6.45) is 4.83. The van der Waals surface area contributed by atoms with Crippen molar-refractivity contribution in [1.82, 2.24) is 19.6 Å². The fraction of sp³-hybridized carbons (Fsp3) is 0.333. The van der Waals surface area contributed by atoms with E-state index in [0.29, 0.717) is 36.7 Å². The Kier molecular flexibility index (Phi) is 9.54. The SMILES string of the molecule is O=CN(CCC(=O)O)c1ccc(CN2CCC(c3c(C(=O)N4CC[C@H](c5ccccc5)C4)cnn3-c3ccc(F)cc3)CC2)cc1. The molecule has 0 bridgehead atoms. The lowest BCUT2D eigenvalue weighted by atomic mass is 9.90. The van der Waals surface area contributed by atoms with Crippen LogP contribution in [0.25, 0.3) is 5.69 Å². The number of anilines is 1. The third-order valence-corrected chi connectivity index (χ3v) is 9.20. The molecule has 238 valence electrons. The van der Waals surface area contributed by atoms with Crippen LogP contribution in [-0.4, -0.2) is 75.7 Å². The number of nitrogens with zero attached hydrogens (tertiary/aromatic N) is 5. The van der Waals surface area contributed by atoms with Gasteiger partial charge in [0.15, 0.2) is 0 Å². The monoisotopic (exact) mass is 623 g/mol. The first-order chi connectivity index (χ1) is 22.4. The smallest absolute Gasteiger partial charge is 0.305 e. The van der Waals surface area contributed by atoms with E-state index in [4.69, 9.17) is 5.11 Å². The highest BCUT2D eigenvalue weighted by atomic mass is 19.1. The molecule has 9 nitrogen and oxygen atoms in total. The van der Waals surface area contributed by atoms with Crippen molar-refractivity contribution in [3.63, 3.8) is 0 Å². The maximum Gasteiger partial charge on any atom is 0.305 e. The van der Waals surface area contributed by atoms with Crippen molar-refractivity contribution in [1.29, 1.82) is 0 Å². The van der Waals surface area contributed by atoms with E-state index in [9.17, 15) is 18.8 Å². The summed E-state index contributed by atoms with van der Waals surface area (Å²) in [4.78, 5) is 42.1. The average Bonchev–Trinajstić information content (AvgIpc) is 3.75. The van der Waals surface area contributed by atoms with Gasteiger partial charge in [0.1, 0.15) is 5.82 Å². The van der Waals surface area contributed by atoms with Gasteiger partial charge in [-0.1, -0.05) is 42.5 Å². The quantitative estimate of drug-likeness (QED) is 0.223. The van der Waals surface area contributed by atoms with Crippen LogP contribution in [0.15, 0.2) is 85.1 Å². The van der Waals surface area contributed by atoms with E-state index in [2.05, 4.69) is 22.1 Å². The minimum Gasteiger partial charge on any atom is -0.481 e. The normalized spacial score (nSPS) is 17.2. The largest absolute Gasteiger partial charge is 0.481 e. The Balaban J connectivity index is 1.15. The van der Waals surface area contributed by atoms with Gasteiger partial charge in [-0.05, 0) is 79.9 Å². The number of carbonyl (C=O) groups is 3. The standard InChI is InChI=1S/C36H38FN5O4/c37-30-8-12-32(13-9-30)42-35(33(22-38-42)36(46)40-20-16-29(24-40)27-4-2-1-3-5-27)28-14-18-39(19-15-28)23-26-6-10-31(11-7-26)41(25-43)21-17-34(44)45/h1-13,22,25,28-29H,14-21,23-24H2,(H,44,45)/t29-/m0/s1. The molecule has 10 heteroatoms. The molecular formula is C36H38FN5O4. The number of hydrogen-bond acceptors (Lipinski definition) is 5. The number of halogens is 1. The molecule has 2 saturated heterocycles. The first-order valence-corrected chi connectivity index (χ1v) is 15.8. The van der Waals surface area contributed by atoms with E-state index in [-0.39, 0.29) is 30.6 Å². The van der Waals surface area contributed by atoms with E-state index in [1.54, 1.807) is 18.3 Å². The first-order valence-electron chi connectivity index (χ1n) is 15.8. The van der Waals surface area contributed by atoms with Crippen LogP contribution < -0.4 is 4.90 Å². The van der Waals surface area contributed by atoms with E-state index in [1.165, 1.54) is 22.6 Å². The van der Waals surface area contributed by atoms with Crippen LogP contribution in [0.5, 0.6) is 0 Å².